The maximum Gasteiger partial charge on any atom is 1.00 e. The maximum atomic E-state index is 11.2. The predicted octanol–water partition coefficient (Wildman–Crippen LogP) is -1.69. The summed E-state index contributed by atoms with van der Waals surface area (Å²) in [5, 5.41) is 15.3. The first kappa shape index (κ1) is 16.4. The zero-order chi connectivity index (χ0) is 15.1. The van der Waals surface area contributed by atoms with Crippen molar-refractivity contribution in [3.63, 3.8) is 0 Å². The van der Waals surface area contributed by atoms with Gasteiger partial charge in [0, 0.05) is 16.8 Å². The zero-order valence-corrected chi connectivity index (χ0v) is 12.8. The minimum Gasteiger partial charge on any atom is -0.545 e. The molecule has 0 saturated carbocycles. The molecule has 2 heterocycles. The number of carbonyl (C=O) groups excluding carboxylic acids is 1. The summed E-state index contributed by atoms with van der Waals surface area (Å²) in [6.07, 6.45) is 1.71. The van der Waals surface area contributed by atoms with Crippen LogP contribution in [0.15, 0.2) is 30.5 Å². The number of aromatic carboxylic acids is 1. The van der Waals surface area contributed by atoms with Gasteiger partial charge in [0.2, 0.25) is 5.95 Å². The number of rotatable bonds is 2. The zero-order valence-electron chi connectivity index (χ0n) is 12.0. The smallest absolute Gasteiger partial charge is 0.545 e. The van der Waals surface area contributed by atoms with E-state index in [1.165, 1.54) is 6.07 Å². The van der Waals surface area contributed by atoms with Crippen LogP contribution in [0.4, 0.5) is 5.95 Å². The number of carboxylic acids is 1. The van der Waals surface area contributed by atoms with E-state index in [1.54, 1.807) is 35.8 Å². The van der Waals surface area contributed by atoms with Crippen LogP contribution < -0.4 is 29.7 Å². The summed E-state index contributed by atoms with van der Waals surface area (Å²) in [6, 6.07) is 6.88. The molecule has 3 rings (SSSR count). The fourth-order valence-corrected chi connectivity index (χ4v) is 2.59. The first-order chi connectivity index (χ1) is 9.97. The Balaban J connectivity index is 0.00000176. The minimum absolute atomic E-state index is 0. The van der Waals surface area contributed by atoms with Crippen LogP contribution in [0.5, 0.6) is 0 Å². The summed E-state index contributed by atoms with van der Waals surface area (Å²) in [7, 11) is 0. The minimum atomic E-state index is -1.30. The normalized spacial score (nSPS) is 10.5. The second kappa shape index (κ2) is 6.01. The van der Waals surface area contributed by atoms with Gasteiger partial charge in [-0.05, 0) is 41.8 Å². The van der Waals surface area contributed by atoms with E-state index in [0.717, 1.165) is 11.1 Å². The molecule has 3 aromatic rings. The summed E-state index contributed by atoms with van der Waals surface area (Å²) < 4.78 is 1.55. The third-order valence-corrected chi connectivity index (χ3v) is 3.60. The van der Waals surface area contributed by atoms with Gasteiger partial charge in [0.25, 0.3) is 0 Å². The Kier molecular flexibility index (Phi) is 4.47. The molecule has 106 valence electrons. The van der Waals surface area contributed by atoms with Gasteiger partial charge >= 0.3 is 18.9 Å². The first-order valence-electron chi connectivity index (χ1n) is 6.10. The molecule has 2 aromatic heterocycles. The van der Waals surface area contributed by atoms with Gasteiger partial charge < -0.3 is 15.6 Å². The number of benzene rings is 1. The van der Waals surface area contributed by atoms with Crippen LogP contribution in [-0.4, -0.2) is 20.6 Å². The van der Waals surface area contributed by atoms with Gasteiger partial charge in [-0.3, -0.25) is 0 Å². The Labute approximate surface area is 143 Å². The molecular weight excluding hydrogens is 299 g/mol. The summed E-state index contributed by atoms with van der Waals surface area (Å²) >= 11 is 5.92. The molecule has 0 fully saturated rings. The quantitative estimate of drug-likeness (QED) is 0.570. The van der Waals surface area contributed by atoms with Crippen LogP contribution in [0, 0.1) is 6.92 Å². The summed E-state index contributed by atoms with van der Waals surface area (Å²) in [5.74, 6) is -1.12. The molecule has 0 unspecified atom stereocenters. The van der Waals surface area contributed by atoms with Gasteiger partial charge in [-0.15, -0.1) is 5.10 Å². The molecule has 22 heavy (non-hydrogen) atoms. The number of aromatic nitrogens is 3. The van der Waals surface area contributed by atoms with E-state index in [4.69, 9.17) is 17.3 Å². The van der Waals surface area contributed by atoms with Crippen molar-refractivity contribution in [3.05, 3.63) is 46.6 Å². The van der Waals surface area contributed by atoms with E-state index < -0.39 is 5.97 Å². The van der Waals surface area contributed by atoms with Crippen molar-refractivity contribution in [3.8, 4) is 11.1 Å². The summed E-state index contributed by atoms with van der Waals surface area (Å²) in [4.78, 5) is 15.3. The van der Waals surface area contributed by atoms with Crippen LogP contribution in [0.1, 0.15) is 15.9 Å². The molecular formula is C14H10ClLiN4O2. The largest absolute Gasteiger partial charge is 1.00 e. The van der Waals surface area contributed by atoms with E-state index in [2.05, 4.69) is 10.1 Å². The van der Waals surface area contributed by atoms with E-state index in [9.17, 15) is 9.90 Å². The molecule has 1 aromatic carbocycles. The molecule has 0 atom stereocenters. The van der Waals surface area contributed by atoms with Crippen LogP contribution in [0.3, 0.4) is 0 Å². The monoisotopic (exact) mass is 308 g/mol. The van der Waals surface area contributed by atoms with E-state index >= 15 is 0 Å². The number of carboxylic acid groups (broad SMARTS) is 1. The van der Waals surface area contributed by atoms with E-state index in [1.807, 2.05) is 0 Å². The second-order valence-electron chi connectivity index (χ2n) is 4.57. The summed E-state index contributed by atoms with van der Waals surface area (Å²) in [6.45, 7) is 1.69. The Morgan fingerprint density at radius 2 is 2.09 bits per heavy atom. The number of halogens is 1. The Morgan fingerprint density at radius 3 is 2.77 bits per heavy atom. The third-order valence-electron chi connectivity index (χ3n) is 3.28. The summed E-state index contributed by atoms with van der Waals surface area (Å²) in [5.41, 5.74) is 8.20. The van der Waals surface area contributed by atoms with Crippen LogP contribution in [0.25, 0.3) is 16.8 Å². The van der Waals surface area contributed by atoms with Gasteiger partial charge in [0.05, 0.1) is 5.97 Å². The number of hydrogen-bond donors (Lipinski definition) is 1. The molecule has 0 aliphatic rings. The van der Waals surface area contributed by atoms with Crippen molar-refractivity contribution >= 4 is 29.2 Å². The van der Waals surface area contributed by atoms with Crippen molar-refractivity contribution in [2.45, 2.75) is 6.92 Å². The molecule has 0 saturated heterocycles. The Morgan fingerprint density at radius 1 is 1.36 bits per heavy atom. The molecule has 0 aliphatic carbocycles. The van der Waals surface area contributed by atoms with E-state index in [-0.39, 0.29) is 35.4 Å². The number of nitrogen functional groups attached to an aromatic ring is 1. The SMILES string of the molecule is Cc1c(-c2ccn3nc(N)nc3c2)ccc(Cl)c1C(=O)[O-].[Li+]. The molecule has 0 bridgehead atoms. The molecule has 0 aliphatic heterocycles. The standard InChI is InChI=1S/C14H11ClN4O2.Li/c1-7-9(2-3-10(15)12(7)13(20)21)8-4-5-19-11(6-8)17-14(16)18-19;/h2-6H,1H3,(H2,16,18)(H,20,21);/q;+1/p-1. The fourth-order valence-electron chi connectivity index (χ4n) is 2.31. The molecule has 0 amide bonds. The molecule has 2 N–H and O–H groups in total. The number of carbonyl (C=O) groups is 1. The van der Waals surface area contributed by atoms with Crippen molar-refractivity contribution in [1.29, 1.82) is 0 Å². The maximum absolute atomic E-state index is 11.2. The van der Waals surface area contributed by atoms with Crippen LogP contribution >= 0.6 is 11.6 Å². The number of anilines is 1. The van der Waals surface area contributed by atoms with Gasteiger partial charge in [-0.1, -0.05) is 17.7 Å². The topological polar surface area (TPSA) is 96.3 Å². The number of fused-ring (bicyclic) bond motifs is 1. The first-order valence-corrected chi connectivity index (χ1v) is 6.48. The van der Waals surface area contributed by atoms with E-state index in [0.29, 0.717) is 11.2 Å². The van der Waals surface area contributed by atoms with Crippen LogP contribution in [0.2, 0.25) is 5.02 Å². The molecule has 8 heteroatoms. The fraction of sp³-hybridized carbons (Fsp3) is 0.0714. The van der Waals surface area contributed by atoms with Gasteiger partial charge in [0.1, 0.15) is 0 Å². The average Bonchev–Trinajstić information content (AvgIpc) is 2.77. The van der Waals surface area contributed by atoms with Gasteiger partial charge in [-0.25, -0.2) is 4.52 Å². The number of hydrogen-bond acceptors (Lipinski definition) is 5. The Bertz CT molecular complexity index is 879. The van der Waals surface area contributed by atoms with Crippen molar-refractivity contribution in [2.75, 3.05) is 5.73 Å². The van der Waals surface area contributed by atoms with Crippen molar-refractivity contribution < 1.29 is 28.8 Å². The predicted molar refractivity (Wildman–Crippen MR) is 76.9 cm³/mol. The molecule has 0 radical (unpaired) electrons. The third kappa shape index (κ3) is 2.69. The van der Waals surface area contributed by atoms with Gasteiger partial charge in [-0.2, -0.15) is 4.98 Å². The second-order valence-corrected chi connectivity index (χ2v) is 4.98. The molecule has 0 spiro atoms. The molecule has 6 nitrogen and oxygen atoms in total. The Hall–Kier alpha value is -2.00. The van der Waals surface area contributed by atoms with Gasteiger partial charge in [0.15, 0.2) is 5.65 Å². The number of nitrogens with two attached hydrogens (primary N) is 1. The van der Waals surface area contributed by atoms with Crippen molar-refractivity contribution in [2.24, 2.45) is 0 Å². The number of nitrogens with zero attached hydrogens (tertiary/aromatic N) is 3. The van der Waals surface area contributed by atoms with Crippen molar-refractivity contribution in [1.82, 2.24) is 14.6 Å². The van der Waals surface area contributed by atoms with Crippen LogP contribution in [-0.2, 0) is 0 Å². The number of pyridine rings is 1. The average molecular weight is 309 g/mol.